The lowest BCUT2D eigenvalue weighted by molar-refractivity contribution is -0.123. The summed E-state index contributed by atoms with van der Waals surface area (Å²) in [6, 6.07) is 16.3. The number of H-pyrrole nitrogens is 1. The number of carbonyl (C=O) groups excluding carboxylic acids is 1. The zero-order valence-corrected chi connectivity index (χ0v) is 15.4. The number of benzene rings is 2. The quantitative estimate of drug-likeness (QED) is 0.577. The summed E-state index contributed by atoms with van der Waals surface area (Å²) >= 11 is 0. The molecule has 0 fully saturated rings. The minimum absolute atomic E-state index is 0.0906. The van der Waals surface area contributed by atoms with Crippen LogP contribution < -0.4 is 5.32 Å². The van der Waals surface area contributed by atoms with E-state index >= 15 is 0 Å². The summed E-state index contributed by atoms with van der Waals surface area (Å²) in [5.41, 5.74) is 5.52. The van der Waals surface area contributed by atoms with Gasteiger partial charge in [-0.15, -0.1) is 0 Å². The Bertz CT molecular complexity index is 1110. The van der Waals surface area contributed by atoms with Crippen molar-refractivity contribution in [1.29, 1.82) is 0 Å². The summed E-state index contributed by atoms with van der Waals surface area (Å²) in [5, 5.41) is 8.49. The fourth-order valence-electron chi connectivity index (χ4n) is 4.10. The van der Waals surface area contributed by atoms with E-state index < -0.39 is 0 Å². The molecule has 28 heavy (non-hydrogen) atoms. The number of nitrogens with one attached hydrogen (secondary N) is 2. The first-order valence-electron chi connectivity index (χ1n) is 9.61. The van der Waals surface area contributed by atoms with Gasteiger partial charge >= 0.3 is 0 Å². The zero-order chi connectivity index (χ0) is 18.9. The molecule has 0 saturated carbocycles. The number of aromatic amines is 1. The van der Waals surface area contributed by atoms with Gasteiger partial charge in [0, 0.05) is 23.1 Å². The molecule has 5 rings (SSSR count). The van der Waals surface area contributed by atoms with E-state index in [-0.39, 0.29) is 11.8 Å². The number of nitrogens with zero attached hydrogens (tertiary/aromatic N) is 3. The minimum Gasteiger partial charge on any atom is -0.357 e. The molecule has 1 unspecified atom stereocenters. The predicted octanol–water partition coefficient (Wildman–Crippen LogP) is 3.48. The van der Waals surface area contributed by atoms with E-state index in [9.17, 15) is 4.79 Å². The SMILES string of the molecule is O=C(NCc1ccc(-n2cncn2)cc1)C1CCCc2c1[nH]c1ccccc21. The van der Waals surface area contributed by atoms with Gasteiger partial charge in [-0.3, -0.25) is 4.79 Å². The second-order valence-corrected chi connectivity index (χ2v) is 7.23. The molecule has 0 aliphatic heterocycles. The van der Waals surface area contributed by atoms with Crippen LogP contribution in [-0.2, 0) is 17.8 Å². The molecule has 0 radical (unpaired) electrons. The molecule has 2 aromatic heterocycles. The normalized spacial score (nSPS) is 16.1. The Morgan fingerprint density at radius 3 is 2.86 bits per heavy atom. The number of aryl methyl sites for hydroxylation is 1. The zero-order valence-electron chi connectivity index (χ0n) is 15.4. The summed E-state index contributed by atoms with van der Waals surface area (Å²) in [7, 11) is 0. The van der Waals surface area contributed by atoms with Gasteiger partial charge < -0.3 is 10.3 Å². The Kier molecular flexibility index (Phi) is 4.16. The molecule has 2 heterocycles. The van der Waals surface area contributed by atoms with Gasteiger partial charge in [0.05, 0.1) is 11.6 Å². The first-order valence-corrected chi connectivity index (χ1v) is 9.61. The number of carbonyl (C=O) groups is 1. The van der Waals surface area contributed by atoms with Crippen LogP contribution in [0.2, 0.25) is 0 Å². The molecule has 0 bridgehead atoms. The minimum atomic E-state index is -0.106. The van der Waals surface area contributed by atoms with Crippen LogP contribution >= 0.6 is 0 Å². The molecule has 0 spiro atoms. The molecule has 2 N–H and O–H groups in total. The van der Waals surface area contributed by atoms with Crippen molar-refractivity contribution in [3.05, 3.63) is 78.0 Å². The lowest BCUT2D eigenvalue weighted by atomic mass is 9.86. The van der Waals surface area contributed by atoms with Crippen molar-refractivity contribution in [2.75, 3.05) is 0 Å². The third-order valence-corrected chi connectivity index (χ3v) is 5.52. The fraction of sp³-hybridized carbons (Fsp3) is 0.227. The Balaban J connectivity index is 1.30. The summed E-state index contributed by atoms with van der Waals surface area (Å²) < 4.78 is 1.71. The molecule has 0 saturated heterocycles. The van der Waals surface area contributed by atoms with Crippen molar-refractivity contribution in [1.82, 2.24) is 25.1 Å². The average Bonchev–Trinajstić information content (AvgIpc) is 3.40. The second kappa shape index (κ2) is 6.96. The predicted molar refractivity (Wildman–Crippen MR) is 107 cm³/mol. The number of rotatable bonds is 4. The van der Waals surface area contributed by atoms with E-state index in [1.54, 1.807) is 11.0 Å². The highest BCUT2D eigenvalue weighted by atomic mass is 16.1. The van der Waals surface area contributed by atoms with Gasteiger partial charge in [-0.2, -0.15) is 5.10 Å². The first kappa shape index (κ1) is 16.7. The highest BCUT2D eigenvalue weighted by Gasteiger charge is 2.29. The van der Waals surface area contributed by atoms with Gasteiger partial charge in [0.1, 0.15) is 12.7 Å². The molecule has 6 heteroatoms. The standard InChI is InChI=1S/C22H21N5O/c28-22(24-12-15-8-10-16(11-9-15)27-14-23-13-25-27)19-6-3-5-18-17-4-1-2-7-20(17)26-21(18)19/h1-2,4,7-11,13-14,19,26H,3,5-6,12H2,(H,24,28). The number of hydrogen-bond acceptors (Lipinski definition) is 3. The van der Waals surface area contributed by atoms with Crippen molar-refractivity contribution < 1.29 is 4.79 Å². The van der Waals surface area contributed by atoms with Gasteiger partial charge in [0.2, 0.25) is 5.91 Å². The van der Waals surface area contributed by atoms with Crippen LogP contribution in [-0.4, -0.2) is 25.7 Å². The highest BCUT2D eigenvalue weighted by molar-refractivity contribution is 5.90. The van der Waals surface area contributed by atoms with Crippen LogP contribution in [0.4, 0.5) is 0 Å². The third-order valence-electron chi connectivity index (χ3n) is 5.52. The van der Waals surface area contributed by atoms with E-state index in [0.717, 1.165) is 41.7 Å². The van der Waals surface area contributed by atoms with Gasteiger partial charge in [-0.25, -0.2) is 9.67 Å². The van der Waals surface area contributed by atoms with Crippen molar-refractivity contribution >= 4 is 16.8 Å². The third kappa shape index (κ3) is 2.97. The molecule has 1 aliphatic carbocycles. The van der Waals surface area contributed by atoms with Crippen LogP contribution in [0.25, 0.3) is 16.6 Å². The van der Waals surface area contributed by atoms with Gasteiger partial charge in [0.15, 0.2) is 0 Å². The molecule has 4 aromatic rings. The Morgan fingerprint density at radius 2 is 2.04 bits per heavy atom. The van der Waals surface area contributed by atoms with Gasteiger partial charge in [-0.1, -0.05) is 30.3 Å². The van der Waals surface area contributed by atoms with E-state index in [2.05, 4.69) is 38.6 Å². The maximum atomic E-state index is 12.9. The topological polar surface area (TPSA) is 75.6 Å². The number of aromatic nitrogens is 4. The smallest absolute Gasteiger partial charge is 0.229 e. The van der Waals surface area contributed by atoms with Crippen molar-refractivity contribution in [2.45, 2.75) is 31.7 Å². The molecule has 1 amide bonds. The molecule has 2 aromatic carbocycles. The van der Waals surface area contributed by atoms with E-state index in [0.29, 0.717) is 6.54 Å². The number of amides is 1. The first-order chi connectivity index (χ1) is 13.8. The maximum Gasteiger partial charge on any atom is 0.229 e. The monoisotopic (exact) mass is 371 g/mol. The highest BCUT2D eigenvalue weighted by Crippen LogP contribution is 2.36. The molecular formula is C22H21N5O. The van der Waals surface area contributed by atoms with Crippen LogP contribution in [0, 0.1) is 0 Å². The summed E-state index contributed by atoms with van der Waals surface area (Å²) in [5.74, 6) is -0.0153. The molecule has 1 aliphatic rings. The summed E-state index contributed by atoms with van der Waals surface area (Å²) in [6.07, 6.45) is 6.14. The second-order valence-electron chi connectivity index (χ2n) is 7.23. The van der Waals surface area contributed by atoms with Crippen LogP contribution in [0.3, 0.4) is 0 Å². The van der Waals surface area contributed by atoms with Gasteiger partial charge in [-0.05, 0) is 48.6 Å². The number of hydrogen-bond donors (Lipinski definition) is 2. The number of para-hydroxylation sites is 1. The molecule has 6 nitrogen and oxygen atoms in total. The van der Waals surface area contributed by atoms with Crippen molar-refractivity contribution in [3.8, 4) is 5.69 Å². The Labute approximate surface area is 162 Å². The summed E-state index contributed by atoms with van der Waals surface area (Å²) in [4.78, 5) is 20.4. The summed E-state index contributed by atoms with van der Waals surface area (Å²) in [6.45, 7) is 0.516. The largest absolute Gasteiger partial charge is 0.357 e. The molecular weight excluding hydrogens is 350 g/mol. The van der Waals surface area contributed by atoms with E-state index in [1.165, 1.54) is 17.3 Å². The average molecular weight is 371 g/mol. The number of fused-ring (bicyclic) bond motifs is 3. The van der Waals surface area contributed by atoms with Crippen LogP contribution in [0.1, 0.15) is 35.6 Å². The Hall–Kier alpha value is -3.41. The lowest BCUT2D eigenvalue weighted by Gasteiger charge is -2.22. The van der Waals surface area contributed by atoms with Crippen molar-refractivity contribution in [3.63, 3.8) is 0 Å². The van der Waals surface area contributed by atoms with E-state index in [1.807, 2.05) is 30.3 Å². The maximum absolute atomic E-state index is 12.9. The van der Waals surface area contributed by atoms with Crippen LogP contribution in [0.5, 0.6) is 0 Å². The molecule has 1 atom stereocenters. The van der Waals surface area contributed by atoms with Crippen LogP contribution in [0.15, 0.2) is 61.2 Å². The van der Waals surface area contributed by atoms with E-state index in [4.69, 9.17) is 0 Å². The lowest BCUT2D eigenvalue weighted by Crippen LogP contribution is -2.31. The fourth-order valence-corrected chi connectivity index (χ4v) is 4.10. The molecule has 140 valence electrons. The Morgan fingerprint density at radius 1 is 1.18 bits per heavy atom. The van der Waals surface area contributed by atoms with Crippen molar-refractivity contribution in [2.24, 2.45) is 0 Å². The van der Waals surface area contributed by atoms with Gasteiger partial charge in [0.25, 0.3) is 0 Å².